The Morgan fingerprint density at radius 2 is 2.36 bits per heavy atom. The lowest BCUT2D eigenvalue weighted by Crippen LogP contribution is -2.09. The van der Waals surface area contributed by atoms with Gasteiger partial charge in [0.1, 0.15) is 6.42 Å². The lowest BCUT2D eigenvalue weighted by molar-refractivity contribution is -0.115. The molecule has 1 amide bonds. The molecule has 0 aromatic heterocycles. The second-order valence-corrected chi connectivity index (χ2v) is 3.77. The van der Waals surface area contributed by atoms with Crippen LogP contribution in [0.4, 0.5) is 5.69 Å². The van der Waals surface area contributed by atoms with Crippen molar-refractivity contribution in [2.45, 2.75) is 6.42 Å². The van der Waals surface area contributed by atoms with Gasteiger partial charge in [-0.1, -0.05) is 11.6 Å². The summed E-state index contributed by atoms with van der Waals surface area (Å²) in [5.74, 6) is -0.342. The Labute approximate surface area is 94.8 Å². The summed E-state index contributed by atoms with van der Waals surface area (Å²) < 4.78 is 0.762. The molecule has 0 aliphatic rings. The molecule has 0 aliphatic heterocycles. The molecule has 0 radical (unpaired) electrons. The van der Waals surface area contributed by atoms with Crippen LogP contribution in [0.15, 0.2) is 22.7 Å². The Morgan fingerprint density at radius 3 is 2.93 bits per heavy atom. The average Bonchev–Trinajstić information content (AvgIpc) is 2.12. The highest BCUT2D eigenvalue weighted by Gasteiger charge is 2.03. The summed E-state index contributed by atoms with van der Waals surface area (Å²) >= 11 is 9.04. The van der Waals surface area contributed by atoms with Gasteiger partial charge in [-0.3, -0.25) is 4.79 Å². The molecule has 0 aliphatic carbocycles. The Hall–Kier alpha value is -1.05. The van der Waals surface area contributed by atoms with Crippen LogP contribution in [-0.4, -0.2) is 5.91 Å². The van der Waals surface area contributed by atoms with Gasteiger partial charge in [0, 0.05) is 10.2 Å². The predicted molar refractivity (Wildman–Crippen MR) is 58.0 cm³/mol. The van der Waals surface area contributed by atoms with Crippen LogP contribution in [0.5, 0.6) is 0 Å². The zero-order valence-electron chi connectivity index (χ0n) is 7.05. The van der Waals surface area contributed by atoms with E-state index in [1.807, 2.05) is 0 Å². The summed E-state index contributed by atoms with van der Waals surface area (Å²) in [6, 6.07) is 6.80. The van der Waals surface area contributed by atoms with Crippen molar-refractivity contribution in [1.29, 1.82) is 5.26 Å². The second kappa shape index (κ2) is 4.99. The molecule has 1 rings (SSSR count). The normalized spacial score (nSPS) is 9.21. The fraction of sp³-hybridized carbons (Fsp3) is 0.111. The monoisotopic (exact) mass is 272 g/mol. The van der Waals surface area contributed by atoms with Crippen molar-refractivity contribution in [2.24, 2.45) is 0 Å². The van der Waals surface area contributed by atoms with Gasteiger partial charge in [0.25, 0.3) is 0 Å². The second-order valence-electron chi connectivity index (χ2n) is 2.51. The summed E-state index contributed by atoms with van der Waals surface area (Å²) in [6.07, 6.45) is -0.159. The molecule has 1 aromatic rings. The first kappa shape index (κ1) is 11.0. The maximum Gasteiger partial charge on any atom is 0.238 e. The number of benzene rings is 1. The van der Waals surface area contributed by atoms with E-state index in [1.165, 1.54) is 0 Å². The van der Waals surface area contributed by atoms with E-state index in [0.717, 1.165) is 4.47 Å². The molecule has 1 aromatic carbocycles. The Morgan fingerprint density at radius 1 is 1.64 bits per heavy atom. The number of halogens is 2. The largest absolute Gasteiger partial charge is 0.325 e. The average molecular weight is 274 g/mol. The minimum absolute atomic E-state index is 0.159. The highest BCUT2D eigenvalue weighted by molar-refractivity contribution is 9.10. The summed E-state index contributed by atoms with van der Waals surface area (Å²) in [5.41, 5.74) is 0.582. The molecule has 0 saturated carbocycles. The first-order valence-electron chi connectivity index (χ1n) is 3.75. The number of carbonyl (C=O) groups excluding carboxylic acids is 1. The maximum atomic E-state index is 11.0. The molecular weight excluding hydrogens is 267 g/mol. The molecular formula is C9H6BrClN2O. The number of anilines is 1. The van der Waals surface area contributed by atoms with Gasteiger partial charge >= 0.3 is 0 Å². The molecule has 0 bridgehead atoms. The fourth-order valence-corrected chi connectivity index (χ4v) is 1.28. The van der Waals surface area contributed by atoms with Gasteiger partial charge in [0.05, 0.1) is 11.1 Å². The third-order valence-electron chi connectivity index (χ3n) is 1.44. The fourth-order valence-electron chi connectivity index (χ4n) is 0.851. The van der Waals surface area contributed by atoms with E-state index in [-0.39, 0.29) is 12.3 Å². The van der Waals surface area contributed by atoms with Crippen molar-refractivity contribution in [3.63, 3.8) is 0 Å². The zero-order valence-corrected chi connectivity index (χ0v) is 9.39. The van der Waals surface area contributed by atoms with Gasteiger partial charge in [0.2, 0.25) is 5.91 Å². The van der Waals surface area contributed by atoms with E-state index < -0.39 is 0 Å². The van der Waals surface area contributed by atoms with Gasteiger partial charge in [-0.2, -0.15) is 5.26 Å². The molecule has 0 fully saturated rings. The lowest BCUT2D eigenvalue weighted by Gasteiger charge is -2.03. The van der Waals surface area contributed by atoms with Crippen molar-refractivity contribution in [2.75, 3.05) is 5.32 Å². The van der Waals surface area contributed by atoms with Gasteiger partial charge in [-0.25, -0.2) is 0 Å². The van der Waals surface area contributed by atoms with E-state index >= 15 is 0 Å². The van der Waals surface area contributed by atoms with Crippen molar-refractivity contribution in [3.8, 4) is 6.07 Å². The first-order valence-corrected chi connectivity index (χ1v) is 4.92. The van der Waals surface area contributed by atoms with E-state index in [9.17, 15) is 4.79 Å². The number of rotatable bonds is 2. The Balaban J connectivity index is 2.74. The number of hydrogen-bond acceptors (Lipinski definition) is 2. The van der Waals surface area contributed by atoms with E-state index in [1.54, 1.807) is 24.3 Å². The summed E-state index contributed by atoms with van der Waals surface area (Å²) in [7, 11) is 0. The Bertz CT molecular complexity index is 400. The van der Waals surface area contributed by atoms with Crippen LogP contribution in [0, 0.1) is 11.3 Å². The highest BCUT2D eigenvalue weighted by atomic mass is 79.9. The van der Waals surface area contributed by atoms with Crippen LogP contribution < -0.4 is 5.32 Å². The van der Waals surface area contributed by atoms with Crippen LogP contribution in [0.25, 0.3) is 0 Å². The van der Waals surface area contributed by atoms with Crippen LogP contribution in [-0.2, 0) is 4.79 Å². The third kappa shape index (κ3) is 3.02. The minimum atomic E-state index is -0.342. The molecule has 0 unspecified atom stereocenters. The summed E-state index contributed by atoms with van der Waals surface area (Å²) in [5, 5.41) is 11.3. The number of amides is 1. The molecule has 5 heteroatoms. The molecule has 0 heterocycles. The SMILES string of the molecule is N#CCC(=O)Nc1ccc(Br)c(Cl)c1. The molecule has 0 atom stereocenters. The molecule has 3 nitrogen and oxygen atoms in total. The quantitative estimate of drug-likeness (QED) is 0.900. The van der Waals surface area contributed by atoms with Crippen molar-refractivity contribution >= 4 is 39.1 Å². The summed E-state index contributed by atoms with van der Waals surface area (Å²) in [6.45, 7) is 0. The van der Waals surface area contributed by atoms with Crippen LogP contribution in [0.1, 0.15) is 6.42 Å². The van der Waals surface area contributed by atoms with E-state index in [2.05, 4.69) is 21.2 Å². The van der Waals surface area contributed by atoms with Crippen LogP contribution in [0.3, 0.4) is 0 Å². The van der Waals surface area contributed by atoms with Crippen LogP contribution >= 0.6 is 27.5 Å². The number of nitriles is 1. The van der Waals surface area contributed by atoms with E-state index in [0.29, 0.717) is 10.7 Å². The lowest BCUT2D eigenvalue weighted by atomic mass is 10.3. The number of nitrogens with one attached hydrogen (secondary N) is 1. The van der Waals surface area contributed by atoms with Gasteiger partial charge in [0.15, 0.2) is 0 Å². The molecule has 72 valence electrons. The molecule has 0 spiro atoms. The third-order valence-corrected chi connectivity index (χ3v) is 2.68. The van der Waals surface area contributed by atoms with Gasteiger partial charge in [-0.15, -0.1) is 0 Å². The van der Waals surface area contributed by atoms with Crippen molar-refractivity contribution in [3.05, 3.63) is 27.7 Å². The highest BCUT2D eigenvalue weighted by Crippen LogP contribution is 2.25. The maximum absolute atomic E-state index is 11.0. The van der Waals surface area contributed by atoms with Crippen molar-refractivity contribution in [1.82, 2.24) is 0 Å². The topological polar surface area (TPSA) is 52.9 Å². The minimum Gasteiger partial charge on any atom is -0.325 e. The first-order chi connectivity index (χ1) is 6.63. The van der Waals surface area contributed by atoms with Gasteiger partial charge < -0.3 is 5.32 Å². The molecule has 14 heavy (non-hydrogen) atoms. The Kier molecular flexibility index (Phi) is 3.93. The standard InChI is InChI=1S/C9H6BrClN2O/c10-7-2-1-6(5-8(7)11)13-9(14)3-4-12/h1-2,5H,3H2,(H,13,14). The summed E-state index contributed by atoms with van der Waals surface area (Å²) in [4.78, 5) is 11.0. The zero-order chi connectivity index (χ0) is 10.6. The van der Waals surface area contributed by atoms with Crippen LogP contribution in [0.2, 0.25) is 5.02 Å². The van der Waals surface area contributed by atoms with Gasteiger partial charge in [-0.05, 0) is 34.1 Å². The van der Waals surface area contributed by atoms with E-state index in [4.69, 9.17) is 16.9 Å². The smallest absolute Gasteiger partial charge is 0.238 e. The molecule has 0 saturated heterocycles. The number of nitrogens with zero attached hydrogens (tertiary/aromatic N) is 1. The van der Waals surface area contributed by atoms with Crippen molar-refractivity contribution < 1.29 is 4.79 Å². The molecule has 1 N–H and O–H groups in total. The number of carbonyl (C=O) groups is 1. The predicted octanol–water partition coefficient (Wildman–Crippen LogP) is 2.95. The number of hydrogen-bond donors (Lipinski definition) is 1.